The van der Waals surface area contributed by atoms with Crippen LogP contribution in [0.3, 0.4) is 0 Å². The highest BCUT2D eigenvalue weighted by molar-refractivity contribution is 6.13. The molecule has 0 unspecified atom stereocenters. The van der Waals surface area contributed by atoms with Crippen LogP contribution in [0.1, 0.15) is 0 Å². The van der Waals surface area contributed by atoms with Gasteiger partial charge in [-0.15, -0.1) is 0 Å². The Labute approximate surface area is 398 Å². The Hall–Kier alpha value is -9.32. The van der Waals surface area contributed by atoms with Crippen LogP contribution in [0, 0.1) is 0 Å². The van der Waals surface area contributed by atoms with E-state index in [0.29, 0.717) is 5.82 Å². The van der Waals surface area contributed by atoms with Gasteiger partial charge in [0.15, 0.2) is 5.82 Å². The van der Waals surface area contributed by atoms with Crippen LogP contribution in [0.4, 0.5) is 0 Å². The van der Waals surface area contributed by atoms with Crippen LogP contribution in [-0.2, 0) is 0 Å². The average molecular weight is 880 g/mol. The second-order valence-electron chi connectivity index (χ2n) is 17.7. The molecule has 0 saturated heterocycles. The molecular formula is C64H41N5. The molecule has 322 valence electrons. The number of nitrogens with zero attached hydrogens (tertiary/aromatic N) is 5. The van der Waals surface area contributed by atoms with E-state index in [9.17, 15) is 0 Å². The molecule has 0 atom stereocenters. The smallest absolute Gasteiger partial charge is 0.160 e. The Kier molecular flexibility index (Phi) is 8.83. The number of hydrogen-bond acceptors (Lipinski definition) is 2. The fraction of sp³-hybridized carbons (Fsp3) is 0. The van der Waals surface area contributed by atoms with E-state index < -0.39 is 0 Å². The molecule has 0 aliphatic carbocycles. The van der Waals surface area contributed by atoms with Crippen molar-refractivity contribution in [3.8, 4) is 62.1 Å². The van der Waals surface area contributed by atoms with Crippen LogP contribution < -0.4 is 0 Å². The zero-order chi connectivity index (χ0) is 45.4. The van der Waals surface area contributed by atoms with E-state index in [0.717, 1.165) is 106 Å². The van der Waals surface area contributed by atoms with Gasteiger partial charge in [0.1, 0.15) is 0 Å². The van der Waals surface area contributed by atoms with E-state index in [1.807, 2.05) is 0 Å². The summed E-state index contributed by atoms with van der Waals surface area (Å²) in [5, 5.41) is 7.04. The van der Waals surface area contributed by atoms with E-state index in [4.69, 9.17) is 9.97 Å². The highest BCUT2D eigenvalue weighted by Crippen LogP contribution is 2.44. The zero-order valence-corrected chi connectivity index (χ0v) is 37.4. The van der Waals surface area contributed by atoms with E-state index in [2.05, 4.69) is 262 Å². The van der Waals surface area contributed by atoms with Gasteiger partial charge in [-0.1, -0.05) is 152 Å². The maximum absolute atomic E-state index is 5.71. The number of fused-ring (bicyclic) bond motifs is 9. The van der Waals surface area contributed by atoms with E-state index in [-0.39, 0.29) is 0 Å². The van der Waals surface area contributed by atoms with Crippen LogP contribution >= 0.6 is 0 Å². The number of aromatic nitrogens is 5. The second kappa shape index (κ2) is 15.7. The summed E-state index contributed by atoms with van der Waals surface area (Å²) in [6.45, 7) is 0. The fourth-order valence-corrected chi connectivity index (χ4v) is 10.8. The van der Waals surface area contributed by atoms with E-state index in [1.54, 1.807) is 0 Å². The summed E-state index contributed by atoms with van der Waals surface area (Å²) >= 11 is 0. The van der Waals surface area contributed by atoms with Gasteiger partial charge in [0.25, 0.3) is 0 Å². The van der Waals surface area contributed by atoms with E-state index >= 15 is 0 Å². The van der Waals surface area contributed by atoms with Crippen molar-refractivity contribution in [2.75, 3.05) is 0 Å². The highest BCUT2D eigenvalue weighted by Gasteiger charge is 2.24. The minimum absolute atomic E-state index is 0.664. The summed E-state index contributed by atoms with van der Waals surface area (Å²) in [5.74, 6) is 0.664. The van der Waals surface area contributed by atoms with Gasteiger partial charge in [-0.25, -0.2) is 9.97 Å². The first-order chi connectivity index (χ1) is 34.2. The molecule has 5 heteroatoms. The molecule has 69 heavy (non-hydrogen) atoms. The third-order valence-electron chi connectivity index (χ3n) is 13.8. The minimum Gasteiger partial charge on any atom is -0.309 e. The van der Waals surface area contributed by atoms with Crippen LogP contribution in [0.15, 0.2) is 249 Å². The van der Waals surface area contributed by atoms with Crippen LogP contribution in [0.2, 0.25) is 0 Å². The molecule has 14 rings (SSSR count). The first kappa shape index (κ1) is 38.9. The molecule has 0 spiro atoms. The summed E-state index contributed by atoms with van der Waals surface area (Å²) in [6, 6.07) is 89.1. The molecule has 0 aliphatic rings. The summed E-state index contributed by atoms with van der Waals surface area (Å²) in [4.78, 5) is 11.4. The maximum atomic E-state index is 5.71. The lowest BCUT2D eigenvalue weighted by molar-refractivity contribution is 1.17. The van der Waals surface area contributed by atoms with Crippen molar-refractivity contribution >= 4 is 65.4 Å². The molecule has 0 fully saturated rings. The average Bonchev–Trinajstić information content (AvgIpc) is 4.06. The number of benzene rings is 10. The topological polar surface area (TPSA) is 40.6 Å². The SMILES string of the molecule is c1ccc(-c2c(-c3ccc4c(c3)c3ccccc3n4-c3ccccc3)nc(-c3ccc4c(c3)c3ccccc3n4-c3ccccc3)nc2-c2ccc3c(c2)c2ccccc2n3-c2ccccc2)cc1. The molecule has 4 aromatic heterocycles. The zero-order valence-electron chi connectivity index (χ0n) is 37.4. The molecular weight excluding hydrogens is 839 g/mol. The van der Waals surface area contributed by atoms with Crippen molar-refractivity contribution in [2.24, 2.45) is 0 Å². The Morgan fingerprint density at radius 3 is 0.928 bits per heavy atom. The Morgan fingerprint density at radius 1 is 0.232 bits per heavy atom. The third kappa shape index (κ3) is 6.18. The molecule has 0 bridgehead atoms. The molecule has 14 aromatic rings. The third-order valence-corrected chi connectivity index (χ3v) is 13.8. The lowest BCUT2D eigenvalue weighted by Crippen LogP contribution is -2.01. The molecule has 0 saturated carbocycles. The number of rotatable bonds is 7. The maximum Gasteiger partial charge on any atom is 0.160 e. The van der Waals surface area contributed by atoms with Crippen molar-refractivity contribution in [1.82, 2.24) is 23.7 Å². The largest absolute Gasteiger partial charge is 0.309 e. The quantitative estimate of drug-likeness (QED) is 0.160. The van der Waals surface area contributed by atoms with Gasteiger partial charge in [-0.05, 0) is 103 Å². The van der Waals surface area contributed by atoms with Crippen molar-refractivity contribution < 1.29 is 0 Å². The number of hydrogen-bond donors (Lipinski definition) is 0. The van der Waals surface area contributed by atoms with Crippen LogP contribution in [-0.4, -0.2) is 23.7 Å². The standard InChI is InChI=1S/C64H41N5/c1-5-19-42(20-6-1)61-62(43-33-36-58-52(39-43)49-27-13-16-30-55(49)67(58)46-21-7-2-8-22-46)65-64(45-35-38-60-54(41-45)51-29-15-18-32-57(51)69(60)48-25-11-4-12-26-48)66-63(61)44-34-37-59-53(40-44)50-28-14-17-31-56(50)68(59)47-23-9-3-10-24-47/h1-41H. The first-order valence-electron chi connectivity index (χ1n) is 23.5. The van der Waals surface area contributed by atoms with Crippen molar-refractivity contribution in [1.29, 1.82) is 0 Å². The van der Waals surface area contributed by atoms with Crippen molar-refractivity contribution in [3.63, 3.8) is 0 Å². The lowest BCUT2D eigenvalue weighted by atomic mass is 9.93. The van der Waals surface area contributed by atoms with Gasteiger partial charge >= 0.3 is 0 Å². The van der Waals surface area contributed by atoms with Crippen LogP contribution in [0.25, 0.3) is 128 Å². The van der Waals surface area contributed by atoms with Gasteiger partial charge in [0, 0.05) is 71.6 Å². The molecule has 0 amide bonds. The molecule has 0 N–H and O–H groups in total. The summed E-state index contributed by atoms with van der Waals surface area (Å²) in [5.41, 5.74) is 17.0. The summed E-state index contributed by atoms with van der Waals surface area (Å²) in [6.07, 6.45) is 0. The van der Waals surface area contributed by atoms with Gasteiger partial charge < -0.3 is 13.7 Å². The van der Waals surface area contributed by atoms with Gasteiger partial charge in [0.05, 0.1) is 44.5 Å². The molecule has 4 heterocycles. The first-order valence-corrected chi connectivity index (χ1v) is 23.5. The summed E-state index contributed by atoms with van der Waals surface area (Å²) in [7, 11) is 0. The molecule has 0 radical (unpaired) electrons. The van der Waals surface area contributed by atoms with Crippen molar-refractivity contribution in [3.05, 3.63) is 249 Å². The minimum atomic E-state index is 0.664. The fourth-order valence-electron chi connectivity index (χ4n) is 10.8. The Morgan fingerprint density at radius 2 is 0.536 bits per heavy atom. The Balaban J connectivity index is 1.07. The Bertz CT molecular complexity index is 4100. The van der Waals surface area contributed by atoms with Gasteiger partial charge in [-0.3, -0.25) is 0 Å². The van der Waals surface area contributed by atoms with Gasteiger partial charge in [0.2, 0.25) is 0 Å². The normalized spacial score (nSPS) is 11.8. The highest BCUT2D eigenvalue weighted by atomic mass is 15.0. The van der Waals surface area contributed by atoms with Crippen LogP contribution in [0.5, 0.6) is 0 Å². The number of para-hydroxylation sites is 6. The predicted molar refractivity (Wildman–Crippen MR) is 287 cm³/mol. The van der Waals surface area contributed by atoms with Crippen molar-refractivity contribution in [2.45, 2.75) is 0 Å². The lowest BCUT2D eigenvalue weighted by Gasteiger charge is -2.18. The summed E-state index contributed by atoms with van der Waals surface area (Å²) < 4.78 is 7.09. The molecule has 5 nitrogen and oxygen atoms in total. The molecule has 0 aliphatic heterocycles. The molecule has 10 aromatic carbocycles. The van der Waals surface area contributed by atoms with E-state index in [1.165, 1.54) is 16.2 Å². The predicted octanol–water partition coefficient (Wildman–Crippen LogP) is 16.4. The van der Waals surface area contributed by atoms with Gasteiger partial charge in [-0.2, -0.15) is 0 Å². The second-order valence-corrected chi connectivity index (χ2v) is 17.7. The monoisotopic (exact) mass is 879 g/mol.